The molecular formula is C18H21N5O3. The van der Waals surface area contributed by atoms with Crippen molar-refractivity contribution in [3.63, 3.8) is 0 Å². The van der Waals surface area contributed by atoms with Gasteiger partial charge in [-0.1, -0.05) is 29.8 Å². The van der Waals surface area contributed by atoms with Crippen LogP contribution in [0.5, 0.6) is 0 Å². The SMILES string of the molecule is Cc1ccc(CN(C)C(=O)Cn2cnc3c2c(=O)n(C)c(=O)n3C)cc1. The summed E-state index contributed by atoms with van der Waals surface area (Å²) in [5.41, 5.74) is 1.79. The Bertz CT molecular complexity index is 1090. The van der Waals surface area contributed by atoms with E-state index in [2.05, 4.69) is 4.98 Å². The number of nitrogens with zero attached hydrogens (tertiary/aromatic N) is 5. The van der Waals surface area contributed by atoms with E-state index in [4.69, 9.17) is 0 Å². The smallest absolute Gasteiger partial charge is 0.332 e. The molecule has 0 unspecified atom stereocenters. The van der Waals surface area contributed by atoms with Crippen molar-refractivity contribution in [1.82, 2.24) is 23.6 Å². The lowest BCUT2D eigenvalue weighted by Crippen LogP contribution is -2.38. The highest BCUT2D eigenvalue weighted by Gasteiger charge is 2.17. The van der Waals surface area contributed by atoms with Gasteiger partial charge in [-0.05, 0) is 12.5 Å². The third-order valence-corrected chi connectivity index (χ3v) is 4.49. The molecule has 0 aliphatic carbocycles. The molecular weight excluding hydrogens is 334 g/mol. The minimum Gasteiger partial charge on any atom is -0.340 e. The molecule has 0 bridgehead atoms. The number of aromatic nitrogens is 4. The number of imidazole rings is 1. The Balaban J connectivity index is 1.86. The van der Waals surface area contributed by atoms with Crippen molar-refractivity contribution < 1.29 is 4.79 Å². The topological polar surface area (TPSA) is 82.1 Å². The van der Waals surface area contributed by atoms with Gasteiger partial charge in [-0.15, -0.1) is 0 Å². The van der Waals surface area contributed by atoms with E-state index in [9.17, 15) is 14.4 Å². The number of fused-ring (bicyclic) bond motifs is 1. The van der Waals surface area contributed by atoms with Gasteiger partial charge in [0.05, 0.1) is 6.33 Å². The van der Waals surface area contributed by atoms with E-state index in [0.717, 1.165) is 15.7 Å². The summed E-state index contributed by atoms with van der Waals surface area (Å²) in [5, 5.41) is 0. The van der Waals surface area contributed by atoms with Crippen molar-refractivity contribution in [2.45, 2.75) is 20.0 Å². The van der Waals surface area contributed by atoms with Crippen LogP contribution in [0.25, 0.3) is 11.2 Å². The molecule has 0 fully saturated rings. The molecule has 8 heteroatoms. The number of likely N-dealkylation sites (N-methyl/N-ethyl adjacent to an activating group) is 1. The number of carbonyl (C=O) groups is 1. The van der Waals surface area contributed by atoms with Gasteiger partial charge in [0.2, 0.25) is 5.91 Å². The zero-order valence-electron chi connectivity index (χ0n) is 15.3. The summed E-state index contributed by atoms with van der Waals surface area (Å²) in [5.74, 6) is -0.152. The van der Waals surface area contributed by atoms with Crippen LogP contribution in [-0.4, -0.2) is 36.5 Å². The Morgan fingerprint density at radius 2 is 1.77 bits per heavy atom. The maximum Gasteiger partial charge on any atom is 0.332 e. The summed E-state index contributed by atoms with van der Waals surface area (Å²) in [6, 6.07) is 7.97. The minimum absolute atomic E-state index is 0.0215. The molecule has 0 spiro atoms. The summed E-state index contributed by atoms with van der Waals surface area (Å²) in [6.45, 7) is 2.46. The summed E-state index contributed by atoms with van der Waals surface area (Å²) in [6.07, 6.45) is 1.42. The molecule has 0 aliphatic rings. The fourth-order valence-electron chi connectivity index (χ4n) is 2.84. The first kappa shape index (κ1) is 17.7. The van der Waals surface area contributed by atoms with Crippen molar-refractivity contribution >= 4 is 17.1 Å². The Morgan fingerprint density at radius 3 is 2.42 bits per heavy atom. The zero-order valence-corrected chi connectivity index (χ0v) is 15.3. The molecule has 0 radical (unpaired) electrons. The van der Waals surface area contributed by atoms with Crippen LogP contribution in [-0.2, 0) is 32.0 Å². The average molecular weight is 355 g/mol. The van der Waals surface area contributed by atoms with Gasteiger partial charge in [0, 0.05) is 27.7 Å². The van der Waals surface area contributed by atoms with Gasteiger partial charge in [0.25, 0.3) is 5.56 Å². The number of aryl methyl sites for hydroxylation is 2. The lowest BCUT2D eigenvalue weighted by molar-refractivity contribution is -0.131. The third kappa shape index (κ3) is 3.05. The van der Waals surface area contributed by atoms with Crippen LogP contribution in [0.2, 0.25) is 0 Å². The van der Waals surface area contributed by atoms with Crippen molar-refractivity contribution in [1.29, 1.82) is 0 Å². The maximum absolute atomic E-state index is 12.6. The molecule has 0 saturated carbocycles. The van der Waals surface area contributed by atoms with Crippen molar-refractivity contribution in [2.75, 3.05) is 7.05 Å². The lowest BCUT2D eigenvalue weighted by Gasteiger charge is -2.18. The Hall–Kier alpha value is -3.16. The van der Waals surface area contributed by atoms with Gasteiger partial charge in [-0.3, -0.25) is 18.7 Å². The largest absolute Gasteiger partial charge is 0.340 e. The maximum atomic E-state index is 12.6. The molecule has 0 aliphatic heterocycles. The van der Waals surface area contributed by atoms with Gasteiger partial charge in [0.1, 0.15) is 6.54 Å². The zero-order chi connectivity index (χ0) is 19.0. The van der Waals surface area contributed by atoms with Crippen LogP contribution in [0.3, 0.4) is 0 Å². The lowest BCUT2D eigenvalue weighted by atomic mass is 10.1. The summed E-state index contributed by atoms with van der Waals surface area (Å²) < 4.78 is 3.81. The van der Waals surface area contributed by atoms with E-state index >= 15 is 0 Å². The molecule has 26 heavy (non-hydrogen) atoms. The second-order valence-electron chi connectivity index (χ2n) is 6.49. The van der Waals surface area contributed by atoms with Gasteiger partial charge < -0.3 is 9.47 Å². The van der Waals surface area contributed by atoms with Crippen molar-refractivity contribution in [3.8, 4) is 0 Å². The molecule has 3 aromatic rings. The van der Waals surface area contributed by atoms with Crippen LogP contribution in [0.1, 0.15) is 11.1 Å². The summed E-state index contributed by atoms with van der Waals surface area (Å²) in [4.78, 5) is 42.7. The highest BCUT2D eigenvalue weighted by atomic mass is 16.2. The van der Waals surface area contributed by atoms with Gasteiger partial charge >= 0.3 is 5.69 Å². The number of hydrogen-bond donors (Lipinski definition) is 0. The summed E-state index contributed by atoms with van der Waals surface area (Å²) >= 11 is 0. The second kappa shape index (κ2) is 6.62. The minimum atomic E-state index is -0.463. The molecule has 0 atom stereocenters. The Morgan fingerprint density at radius 1 is 1.12 bits per heavy atom. The van der Waals surface area contributed by atoms with E-state index in [1.807, 2.05) is 31.2 Å². The fourth-order valence-corrected chi connectivity index (χ4v) is 2.84. The van der Waals surface area contributed by atoms with E-state index in [1.165, 1.54) is 22.5 Å². The van der Waals surface area contributed by atoms with E-state index < -0.39 is 11.2 Å². The Kier molecular flexibility index (Phi) is 4.50. The molecule has 3 rings (SSSR count). The van der Waals surface area contributed by atoms with Crippen LogP contribution in [0.4, 0.5) is 0 Å². The van der Waals surface area contributed by atoms with Gasteiger partial charge in [0.15, 0.2) is 11.2 Å². The van der Waals surface area contributed by atoms with Crippen LogP contribution in [0, 0.1) is 6.92 Å². The number of amides is 1. The van der Waals surface area contributed by atoms with Crippen molar-refractivity contribution in [3.05, 3.63) is 62.6 Å². The number of hydrogen-bond acceptors (Lipinski definition) is 4. The molecule has 2 heterocycles. The molecule has 136 valence electrons. The first-order valence-electron chi connectivity index (χ1n) is 8.20. The van der Waals surface area contributed by atoms with Crippen LogP contribution >= 0.6 is 0 Å². The highest BCUT2D eigenvalue weighted by Crippen LogP contribution is 2.09. The van der Waals surface area contributed by atoms with Crippen molar-refractivity contribution in [2.24, 2.45) is 14.1 Å². The number of benzene rings is 1. The summed E-state index contributed by atoms with van der Waals surface area (Å²) in [7, 11) is 4.68. The quantitative estimate of drug-likeness (QED) is 0.678. The van der Waals surface area contributed by atoms with E-state index in [1.54, 1.807) is 19.0 Å². The monoisotopic (exact) mass is 355 g/mol. The molecule has 1 amide bonds. The van der Waals surface area contributed by atoms with Crippen LogP contribution in [0.15, 0.2) is 40.2 Å². The second-order valence-corrected chi connectivity index (χ2v) is 6.49. The first-order chi connectivity index (χ1) is 12.3. The van der Waals surface area contributed by atoms with E-state index in [0.29, 0.717) is 6.54 Å². The van der Waals surface area contributed by atoms with E-state index in [-0.39, 0.29) is 23.6 Å². The number of rotatable bonds is 4. The normalized spacial score (nSPS) is 11.1. The van der Waals surface area contributed by atoms with Gasteiger partial charge in [-0.2, -0.15) is 0 Å². The third-order valence-electron chi connectivity index (χ3n) is 4.49. The number of carbonyl (C=O) groups excluding carboxylic acids is 1. The highest BCUT2D eigenvalue weighted by molar-refractivity contribution is 5.78. The molecule has 1 aromatic carbocycles. The predicted molar refractivity (Wildman–Crippen MR) is 97.9 cm³/mol. The molecule has 0 N–H and O–H groups in total. The average Bonchev–Trinajstić information content (AvgIpc) is 3.03. The standard InChI is InChI=1S/C18H21N5O3/c1-12-5-7-13(8-6-12)9-20(2)14(24)10-23-11-19-16-15(23)17(25)22(4)18(26)21(16)3/h5-8,11H,9-10H2,1-4H3. The fraction of sp³-hybridized carbons (Fsp3) is 0.333. The molecule has 0 saturated heterocycles. The molecule has 2 aromatic heterocycles. The molecule has 8 nitrogen and oxygen atoms in total. The Labute approximate surface area is 149 Å². The predicted octanol–water partition coefficient (Wildman–Crippen LogP) is 0.401. The van der Waals surface area contributed by atoms with Crippen LogP contribution < -0.4 is 11.2 Å². The first-order valence-corrected chi connectivity index (χ1v) is 8.20. The van der Waals surface area contributed by atoms with Gasteiger partial charge in [-0.25, -0.2) is 9.78 Å².